The van der Waals surface area contributed by atoms with E-state index < -0.39 is 0 Å². The molecule has 0 saturated heterocycles. The summed E-state index contributed by atoms with van der Waals surface area (Å²) in [5.74, 6) is 0.435. The second-order valence-corrected chi connectivity index (χ2v) is 3.53. The summed E-state index contributed by atoms with van der Waals surface area (Å²) in [6, 6.07) is 7.13. The fourth-order valence-electron chi connectivity index (χ4n) is 1.21. The minimum absolute atomic E-state index is 0.0118. The molecule has 1 rings (SSSR count). The Bertz CT molecular complexity index is 340. The van der Waals surface area contributed by atoms with E-state index in [0.717, 1.165) is 12.8 Å². The number of amides is 1. The van der Waals surface area contributed by atoms with E-state index in [9.17, 15) is 4.79 Å². The maximum absolute atomic E-state index is 11.3. The number of anilines is 1. The Kier molecular flexibility index (Phi) is 5.19. The van der Waals surface area contributed by atoms with Gasteiger partial charge in [-0.2, -0.15) is 0 Å². The number of unbranched alkanes of at least 4 members (excludes halogenated alkanes) is 1. The van der Waals surface area contributed by atoms with Gasteiger partial charge in [0.15, 0.2) is 6.61 Å². The van der Waals surface area contributed by atoms with E-state index in [0.29, 0.717) is 18.0 Å². The van der Waals surface area contributed by atoms with Crippen LogP contribution in [-0.2, 0) is 4.79 Å². The molecule has 0 spiro atoms. The van der Waals surface area contributed by atoms with Crippen molar-refractivity contribution in [2.75, 3.05) is 18.9 Å². The minimum Gasteiger partial charge on any atom is -0.482 e. The summed E-state index contributed by atoms with van der Waals surface area (Å²) in [5.41, 5.74) is 6.22. The van der Waals surface area contributed by atoms with E-state index in [-0.39, 0.29) is 12.5 Å². The predicted octanol–water partition coefficient (Wildman–Crippen LogP) is 1.56. The van der Waals surface area contributed by atoms with Gasteiger partial charge >= 0.3 is 0 Å². The van der Waals surface area contributed by atoms with Crippen LogP contribution in [0, 0.1) is 0 Å². The highest BCUT2D eigenvalue weighted by molar-refractivity contribution is 5.77. The van der Waals surface area contributed by atoms with Crippen molar-refractivity contribution in [3.05, 3.63) is 24.3 Å². The molecule has 0 bridgehead atoms. The molecule has 0 aliphatic heterocycles. The van der Waals surface area contributed by atoms with Gasteiger partial charge in [0.05, 0.1) is 5.69 Å². The molecule has 4 heteroatoms. The number of rotatable bonds is 6. The molecule has 0 radical (unpaired) electrons. The van der Waals surface area contributed by atoms with Crippen molar-refractivity contribution < 1.29 is 9.53 Å². The molecule has 1 aromatic rings. The lowest BCUT2D eigenvalue weighted by Gasteiger charge is -2.08. The third-order valence-electron chi connectivity index (χ3n) is 2.13. The Hall–Kier alpha value is -1.71. The number of ether oxygens (including phenoxy) is 1. The highest BCUT2D eigenvalue weighted by Gasteiger charge is 2.03. The van der Waals surface area contributed by atoms with Gasteiger partial charge in [0.1, 0.15) is 5.75 Å². The van der Waals surface area contributed by atoms with Gasteiger partial charge in [0, 0.05) is 6.54 Å². The number of nitrogen functional groups attached to an aromatic ring is 1. The largest absolute Gasteiger partial charge is 0.482 e. The number of para-hydroxylation sites is 2. The number of hydrogen-bond acceptors (Lipinski definition) is 3. The molecule has 0 saturated carbocycles. The zero-order valence-corrected chi connectivity index (χ0v) is 9.53. The topological polar surface area (TPSA) is 64.3 Å². The summed E-state index contributed by atoms with van der Waals surface area (Å²) in [7, 11) is 0. The SMILES string of the molecule is CCCCNC(=O)COc1ccccc1N. The molecule has 1 amide bonds. The highest BCUT2D eigenvalue weighted by Crippen LogP contribution is 2.19. The molecule has 16 heavy (non-hydrogen) atoms. The van der Waals surface area contributed by atoms with Gasteiger partial charge in [-0.05, 0) is 18.6 Å². The number of nitrogens with one attached hydrogen (secondary N) is 1. The van der Waals surface area contributed by atoms with Crippen LogP contribution in [0.25, 0.3) is 0 Å². The highest BCUT2D eigenvalue weighted by atomic mass is 16.5. The molecule has 3 N–H and O–H groups in total. The van der Waals surface area contributed by atoms with Crippen LogP contribution in [0.2, 0.25) is 0 Å². The standard InChI is InChI=1S/C12H18N2O2/c1-2-3-8-14-12(15)9-16-11-7-5-4-6-10(11)13/h4-7H,2-3,8-9,13H2,1H3,(H,14,15). The smallest absolute Gasteiger partial charge is 0.257 e. The lowest BCUT2D eigenvalue weighted by atomic mass is 10.3. The molecule has 0 atom stereocenters. The van der Waals surface area contributed by atoms with Crippen LogP contribution in [0.4, 0.5) is 5.69 Å². The van der Waals surface area contributed by atoms with Crippen molar-refractivity contribution in [1.29, 1.82) is 0 Å². The Balaban J connectivity index is 2.29. The first-order chi connectivity index (χ1) is 7.74. The van der Waals surface area contributed by atoms with Crippen LogP contribution < -0.4 is 15.8 Å². The van der Waals surface area contributed by atoms with Gasteiger partial charge in [0.25, 0.3) is 5.91 Å². The zero-order valence-electron chi connectivity index (χ0n) is 9.53. The van der Waals surface area contributed by atoms with Crippen LogP contribution in [0.5, 0.6) is 5.75 Å². The third kappa shape index (κ3) is 4.21. The summed E-state index contributed by atoms with van der Waals surface area (Å²) < 4.78 is 5.29. The van der Waals surface area contributed by atoms with Crippen LogP contribution in [-0.4, -0.2) is 19.1 Å². The predicted molar refractivity (Wildman–Crippen MR) is 64.3 cm³/mol. The van der Waals surface area contributed by atoms with Gasteiger partial charge < -0.3 is 15.8 Å². The van der Waals surface area contributed by atoms with Gasteiger partial charge in [-0.1, -0.05) is 25.5 Å². The van der Waals surface area contributed by atoms with Crippen molar-refractivity contribution in [3.8, 4) is 5.75 Å². The first-order valence-electron chi connectivity index (χ1n) is 5.48. The van der Waals surface area contributed by atoms with Crippen LogP contribution in [0.3, 0.4) is 0 Å². The van der Waals surface area contributed by atoms with Gasteiger partial charge in [0.2, 0.25) is 0 Å². The van der Waals surface area contributed by atoms with Gasteiger partial charge in [-0.25, -0.2) is 0 Å². The average Bonchev–Trinajstić information content (AvgIpc) is 2.28. The maximum atomic E-state index is 11.3. The Morgan fingerprint density at radius 2 is 2.19 bits per heavy atom. The second-order valence-electron chi connectivity index (χ2n) is 3.53. The molecule has 0 aliphatic rings. The monoisotopic (exact) mass is 222 g/mol. The number of nitrogens with two attached hydrogens (primary N) is 1. The maximum Gasteiger partial charge on any atom is 0.257 e. The number of carbonyl (C=O) groups excluding carboxylic acids is 1. The summed E-state index contributed by atoms with van der Waals surface area (Å²) in [5, 5.41) is 2.77. The molecule has 4 nitrogen and oxygen atoms in total. The number of hydrogen-bond donors (Lipinski definition) is 2. The fourth-order valence-corrected chi connectivity index (χ4v) is 1.21. The van der Waals surface area contributed by atoms with Crippen molar-refractivity contribution >= 4 is 11.6 Å². The summed E-state index contributed by atoms with van der Waals surface area (Å²) in [4.78, 5) is 11.3. The van der Waals surface area contributed by atoms with E-state index in [1.807, 2.05) is 12.1 Å². The van der Waals surface area contributed by atoms with Crippen molar-refractivity contribution in [2.45, 2.75) is 19.8 Å². The molecule has 0 heterocycles. The molecule has 0 aliphatic carbocycles. The van der Waals surface area contributed by atoms with Gasteiger partial charge in [-0.15, -0.1) is 0 Å². The second kappa shape index (κ2) is 6.71. The van der Waals surface area contributed by atoms with Gasteiger partial charge in [-0.3, -0.25) is 4.79 Å². The first kappa shape index (κ1) is 12.4. The molecule has 1 aromatic carbocycles. The van der Waals surface area contributed by atoms with E-state index in [2.05, 4.69) is 12.2 Å². The Labute approximate surface area is 95.8 Å². The fraction of sp³-hybridized carbons (Fsp3) is 0.417. The van der Waals surface area contributed by atoms with E-state index >= 15 is 0 Å². The third-order valence-corrected chi connectivity index (χ3v) is 2.13. The molecule has 0 unspecified atom stereocenters. The average molecular weight is 222 g/mol. The molecule has 0 fully saturated rings. The minimum atomic E-state index is -0.114. The molecule has 0 aromatic heterocycles. The van der Waals surface area contributed by atoms with Crippen LogP contribution in [0.1, 0.15) is 19.8 Å². The molecular formula is C12H18N2O2. The zero-order chi connectivity index (χ0) is 11.8. The van der Waals surface area contributed by atoms with E-state index in [1.165, 1.54) is 0 Å². The molecule has 88 valence electrons. The Morgan fingerprint density at radius 1 is 1.44 bits per heavy atom. The quantitative estimate of drug-likeness (QED) is 0.567. The lowest BCUT2D eigenvalue weighted by Crippen LogP contribution is -2.29. The number of benzene rings is 1. The lowest BCUT2D eigenvalue weighted by molar-refractivity contribution is -0.123. The van der Waals surface area contributed by atoms with Crippen LogP contribution in [0.15, 0.2) is 24.3 Å². The molecular weight excluding hydrogens is 204 g/mol. The Morgan fingerprint density at radius 3 is 2.88 bits per heavy atom. The summed E-state index contributed by atoms with van der Waals surface area (Å²) >= 11 is 0. The van der Waals surface area contributed by atoms with E-state index in [4.69, 9.17) is 10.5 Å². The normalized spacial score (nSPS) is 9.81. The summed E-state index contributed by atoms with van der Waals surface area (Å²) in [6.45, 7) is 2.79. The van der Waals surface area contributed by atoms with Crippen LogP contribution >= 0.6 is 0 Å². The van der Waals surface area contributed by atoms with Crippen molar-refractivity contribution in [1.82, 2.24) is 5.32 Å². The van der Waals surface area contributed by atoms with Crippen molar-refractivity contribution in [3.63, 3.8) is 0 Å². The van der Waals surface area contributed by atoms with E-state index in [1.54, 1.807) is 12.1 Å². The number of carbonyl (C=O) groups is 1. The summed E-state index contributed by atoms with van der Waals surface area (Å²) in [6.07, 6.45) is 2.05. The first-order valence-corrected chi connectivity index (χ1v) is 5.48. The van der Waals surface area contributed by atoms with Crippen molar-refractivity contribution in [2.24, 2.45) is 0 Å².